The zero-order chi connectivity index (χ0) is 12.4. The van der Waals surface area contributed by atoms with E-state index in [1.165, 1.54) is 4.88 Å². The van der Waals surface area contributed by atoms with Crippen molar-refractivity contribution in [3.8, 4) is 0 Å². The Morgan fingerprint density at radius 1 is 1.53 bits per heavy atom. The standard InChI is InChI=1S/C13H21NO2S/c1-4-12-10(5-6-16-12)11(15)7-13-14-8(2)9(3)17-13/h10-12,15H,4-7H2,1-3H3. The minimum Gasteiger partial charge on any atom is -0.392 e. The van der Waals surface area contributed by atoms with Gasteiger partial charge in [-0.05, 0) is 26.7 Å². The van der Waals surface area contributed by atoms with Crippen molar-refractivity contribution in [3.05, 3.63) is 15.6 Å². The van der Waals surface area contributed by atoms with Crippen molar-refractivity contribution in [2.24, 2.45) is 5.92 Å². The van der Waals surface area contributed by atoms with Crippen molar-refractivity contribution in [1.82, 2.24) is 4.98 Å². The van der Waals surface area contributed by atoms with Gasteiger partial charge in [0.25, 0.3) is 0 Å². The maximum absolute atomic E-state index is 10.3. The topological polar surface area (TPSA) is 42.4 Å². The van der Waals surface area contributed by atoms with Crippen molar-refractivity contribution >= 4 is 11.3 Å². The number of aryl methyl sites for hydroxylation is 2. The normalized spacial score (nSPS) is 26.4. The van der Waals surface area contributed by atoms with Crippen LogP contribution >= 0.6 is 11.3 Å². The fourth-order valence-corrected chi connectivity index (χ4v) is 3.47. The van der Waals surface area contributed by atoms with Crippen LogP contribution in [0.1, 0.15) is 35.3 Å². The molecule has 0 bridgehead atoms. The van der Waals surface area contributed by atoms with Crippen LogP contribution < -0.4 is 0 Å². The Labute approximate surface area is 107 Å². The highest BCUT2D eigenvalue weighted by molar-refractivity contribution is 7.11. The summed E-state index contributed by atoms with van der Waals surface area (Å²) in [6, 6.07) is 0. The first-order valence-electron chi connectivity index (χ1n) is 6.34. The quantitative estimate of drug-likeness (QED) is 0.898. The van der Waals surface area contributed by atoms with Crippen LogP contribution in [0.5, 0.6) is 0 Å². The number of hydrogen-bond acceptors (Lipinski definition) is 4. The molecule has 3 nitrogen and oxygen atoms in total. The number of aliphatic hydroxyl groups excluding tert-OH is 1. The predicted octanol–water partition coefficient (Wildman–Crippen LogP) is 2.48. The maximum atomic E-state index is 10.3. The molecule has 2 rings (SSSR count). The highest BCUT2D eigenvalue weighted by Crippen LogP contribution is 2.29. The summed E-state index contributed by atoms with van der Waals surface area (Å²) in [7, 11) is 0. The molecule has 1 N–H and O–H groups in total. The lowest BCUT2D eigenvalue weighted by atomic mass is 9.92. The van der Waals surface area contributed by atoms with E-state index in [2.05, 4.69) is 18.8 Å². The lowest BCUT2D eigenvalue weighted by Crippen LogP contribution is -2.29. The van der Waals surface area contributed by atoms with Gasteiger partial charge < -0.3 is 9.84 Å². The molecule has 0 amide bonds. The van der Waals surface area contributed by atoms with Crippen LogP contribution in [0, 0.1) is 19.8 Å². The molecule has 17 heavy (non-hydrogen) atoms. The lowest BCUT2D eigenvalue weighted by molar-refractivity contribution is 0.0317. The number of aromatic nitrogens is 1. The Morgan fingerprint density at radius 2 is 2.29 bits per heavy atom. The SMILES string of the molecule is CCC1OCCC1C(O)Cc1nc(C)c(C)s1. The molecule has 1 aromatic rings. The monoisotopic (exact) mass is 255 g/mol. The van der Waals surface area contributed by atoms with Crippen molar-refractivity contribution in [2.75, 3.05) is 6.61 Å². The smallest absolute Gasteiger partial charge is 0.0956 e. The van der Waals surface area contributed by atoms with Crippen LogP contribution in [0.4, 0.5) is 0 Å². The van der Waals surface area contributed by atoms with E-state index in [4.69, 9.17) is 4.74 Å². The molecule has 1 aliphatic rings. The third kappa shape index (κ3) is 2.87. The van der Waals surface area contributed by atoms with Gasteiger partial charge in [0.1, 0.15) is 0 Å². The summed E-state index contributed by atoms with van der Waals surface area (Å²) >= 11 is 1.70. The summed E-state index contributed by atoms with van der Waals surface area (Å²) < 4.78 is 5.63. The minimum atomic E-state index is -0.313. The highest BCUT2D eigenvalue weighted by atomic mass is 32.1. The van der Waals surface area contributed by atoms with Crippen molar-refractivity contribution in [3.63, 3.8) is 0 Å². The van der Waals surface area contributed by atoms with E-state index in [1.54, 1.807) is 11.3 Å². The van der Waals surface area contributed by atoms with Gasteiger partial charge in [0.2, 0.25) is 0 Å². The van der Waals surface area contributed by atoms with Crippen LogP contribution in [-0.4, -0.2) is 28.9 Å². The molecule has 4 heteroatoms. The second-order valence-corrected chi connectivity index (χ2v) is 6.08. The van der Waals surface area contributed by atoms with E-state index in [-0.39, 0.29) is 18.1 Å². The van der Waals surface area contributed by atoms with Gasteiger partial charge in [0.15, 0.2) is 0 Å². The molecule has 0 aliphatic carbocycles. The van der Waals surface area contributed by atoms with Gasteiger partial charge in [-0.3, -0.25) is 0 Å². The summed E-state index contributed by atoms with van der Waals surface area (Å²) in [5.41, 5.74) is 1.09. The largest absolute Gasteiger partial charge is 0.392 e. The third-order valence-electron chi connectivity index (χ3n) is 3.61. The van der Waals surface area contributed by atoms with Crippen LogP contribution in [0.25, 0.3) is 0 Å². The summed E-state index contributed by atoms with van der Waals surface area (Å²) in [5, 5.41) is 11.3. The second kappa shape index (κ2) is 5.46. The Hall–Kier alpha value is -0.450. The van der Waals surface area contributed by atoms with Crippen molar-refractivity contribution in [1.29, 1.82) is 0 Å². The first-order valence-corrected chi connectivity index (χ1v) is 7.16. The third-order valence-corrected chi connectivity index (χ3v) is 4.71. The minimum absolute atomic E-state index is 0.229. The molecule has 0 radical (unpaired) electrons. The van der Waals surface area contributed by atoms with E-state index in [9.17, 15) is 5.11 Å². The van der Waals surface area contributed by atoms with Crippen molar-refractivity contribution < 1.29 is 9.84 Å². The number of ether oxygens (including phenoxy) is 1. The second-order valence-electron chi connectivity index (χ2n) is 4.79. The molecular weight excluding hydrogens is 234 g/mol. The van der Waals surface area contributed by atoms with Crippen LogP contribution in [-0.2, 0) is 11.2 Å². The molecule has 1 fully saturated rings. The summed E-state index contributed by atoms with van der Waals surface area (Å²) in [4.78, 5) is 5.74. The first-order chi connectivity index (χ1) is 8.11. The van der Waals surface area contributed by atoms with E-state index < -0.39 is 0 Å². The van der Waals surface area contributed by atoms with Gasteiger partial charge in [0.05, 0.1) is 22.9 Å². The fraction of sp³-hybridized carbons (Fsp3) is 0.769. The van der Waals surface area contributed by atoms with E-state index in [0.717, 1.165) is 30.2 Å². The zero-order valence-corrected chi connectivity index (χ0v) is 11.6. The van der Waals surface area contributed by atoms with Gasteiger partial charge in [-0.1, -0.05) is 6.92 Å². The predicted molar refractivity (Wildman–Crippen MR) is 69.4 cm³/mol. The molecule has 2 heterocycles. The molecule has 0 aromatic carbocycles. The Balaban J connectivity index is 1.98. The maximum Gasteiger partial charge on any atom is 0.0956 e. The summed E-state index contributed by atoms with van der Waals surface area (Å²) in [6.45, 7) is 7.01. The molecule has 1 saturated heterocycles. The molecule has 0 spiro atoms. The van der Waals surface area contributed by atoms with Gasteiger partial charge >= 0.3 is 0 Å². The van der Waals surface area contributed by atoms with Crippen molar-refractivity contribution in [2.45, 2.75) is 52.2 Å². The molecule has 1 aliphatic heterocycles. The Bertz CT molecular complexity index is 358. The summed E-state index contributed by atoms with van der Waals surface area (Å²) in [5.74, 6) is 0.282. The number of rotatable bonds is 4. The van der Waals surface area contributed by atoms with Crippen LogP contribution in [0.2, 0.25) is 0 Å². The molecule has 0 saturated carbocycles. The first kappa shape index (κ1) is 13.0. The Kier molecular flexibility index (Phi) is 4.17. The number of aliphatic hydroxyl groups is 1. The summed E-state index contributed by atoms with van der Waals surface area (Å²) in [6.07, 6.45) is 2.55. The highest BCUT2D eigenvalue weighted by Gasteiger charge is 2.33. The van der Waals surface area contributed by atoms with Crippen LogP contribution in [0.15, 0.2) is 0 Å². The zero-order valence-electron chi connectivity index (χ0n) is 10.8. The molecule has 1 aromatic heterocycles. The van der Waals surface area contributed by atoms with E-state index in [1.807, 2.05) is 6.92 Å². The number of thiazole rings is 1. The average Bonchev–Trinajstić information content (AvgIpc) is 2.86. The number of nitrogens with zero attached hydrogens (tertiary/aromatic N) is 1. The Morgan fingerprint density at radius 3 is 2.88 bits per heavy atom. The van der Waals surface area contributed by atoms with E-state index >= 15 is 0 Å². The fourth-order valence-electron chi connectivity index (χ4n) is 2.48. The van der Waals surface area contributed by atoms with Gasteiger partial charge in [-0.2, -0.15) is 0 Å². The number of hydrogen-bond donors (Lipinski definition) is 1. The van der Waals surface area contributed by atoms with Gasteiger partial charge in [0, 0.05) is 23.8 Å². The molecule has 3 unspecified atom stereocenters. The van der Waals surface area contributed by atoms with Gasteiger partial charge in [-0.25, -0.2) is 4.98 Å². The van der Waals surface area contributed by atoms with Crippen LogP contribution in [0.3, 0.4) is 0 Å². The average molecular weight is 255 g/mol. The van der Waals surface area contributed by atoms with Gasteiger partial charge in [-0.15, -0.1) is 11.3 Å². The van der Waals surface area contributed by atoms with E-state index in [0.29, 0.717) is 6.42 Å². The molecular formula is C13H21NO2S. The molecule has 3 atom stereocenters. The lowest BCUT2D eigenvalue weighted by Gasteiger charge is -2.21. The molecule has 96 valence electrons.